The van der Waals surface area contributed by atoms with Crippen LogP contribution in [0.1, 0.15) is 58.6 Å². The summed E-state index contributed by atoms with van der Waals surface area (Å²) in [5.41, 5.74) is -0.164. The van der Waals surface area contributed by atoms with Gasteiger partial charge in [-0.15, -0.1) is 0 Å². The molecule has 1 aromatic carbocycles. The van der Waals surface area contributed by atoms with Gasteiger partial charge in [-0.1, -0.05) is 18.5 Å². The molecule has 1 saturated carbocycles. The van der Waals surface area contributed by atoms with Gasteiger partial charge in [0.15, 0.2) is 5.54 Å². The van der Waals surface area contributed by atoms with Gasteiger partial charge in [0.05, 0.1) is 34.5 Å². The van der Waals surface area contributed by atoms with E-state index in [0.717, 1.165) is 0 Å². The monoisotopic (exact) mass is 433 g/mol. The number of carbonyl (C=O) groups excluding carboxylic acids is 1. The first-order chi connectivity index (χ1) is 14.0. The van der Waals surface area contributed by atoms with E-state index in [1.165, 1.54) is 16.8 Å². The van der Waals surface area contributed by atoms with Crippen molar-refractivity contribution in [3.05, 3.63) is 40.8 Å². The topological polar surface area (TPSA) is 88.1 Å². The van der Waals surface area contributed by atoms with Crippen LogP contribution in [0, 0.1) is 17.1 Å². The van der Waals surface area contributed by atoms with E-state index in [4.69, 9.17) is 16.3 Å². The first kappa shape index (κ1) is 22.3. The average Bonchev–Trinajstić information content (AvgIpc) is 3.05. The maximum absolute atomic E-state index is 13.6. The summed E-state index contributed by atoms with van der Waals surface area (Å²) in [6.45, 7) is 7.23. The van der Waals surface area contributed by atoms with E-state index in [2.05, 4.69) is 11.2 Å². The summed E-state index contributed by atoms with van der Waals surface area (Å²) in [6.07, 6.45) is 0.264. The first-order valence-electron chi connectivity index (χ1n) is 9.87. The van der Waals surface area contributed by atoms with Crippen LogP contribution in [0.2, 0.25) is 5.02 Å². The van der Waals surface area contributed by atoms with Crippen molar-refractivity contribution in [1.82, 2.24) is 9.78 Å². The fourth-order valence-corrected chi connectivity index (χ4v) is 3.86. The minimum Gasteiger partial charge on any atom is -0.459 e. The van der Waals surface area contributed by atoms with Gasteiger partial charge in [-0.2, -0.15) is 10.4 Å². The summed E-state index contributed by atoms with van der Waals surface area (Å²) in [6, 6.07) is 8.21. The fraction of sp³-hybridized carbons (Fsp3) is 0.500. The number of aliphatic hydroxyl groups excluding tert-OH is 1. The van der Waals surface area contributed by atoms with Crippen molar-refractivity contribution in [1.29, 1.82) is 5.26 Å². The first-order valence-corrected chi connectivity index (χ1v) is 10.3. The van der Waals surface area contributed by atoms with E-state index in [1.54, 1.807) is 32.9 Å². The van der Waals surface area contributed by atoms with Crippen molar-refractivity contribution in [2.24, 2.45) is 0 Å². The van der Waals surface area contributed by atoms with Crippen LogP contribution in [-0.2, 0) is 15.1 Å². The predicted molar refractivity (Wildman–Crippen MR) is 110 cm³/mol. The Hall–Kier alpha value is -2.43. The average molecular weight is 434 g/mol. The van der Waals surface area contributed by atoms with Crippen LogP contribution in [-0.4, -0.2) is 32.6 Å². The molecule has 1 N–H and O–H groups in total. The zero-order valence-corrected chi connectivity index (χ0v) is 18.2. The Morgan fingerprint density at radius 1 is 1.47 bits per heavy atom. The van der Waals surface area contributed by atoms with Gasteiger partial charge >= 0.3 is 5.97 Å². The summed E-state index contributed by atoms with van der Waals surface area (Å²) >= 11 is 5.93. The number of aromatic nitrogens is 2. The highest BCUT2D eigenvalue weighted by Crippen LogP contribution is 2.42. The Balaban J connectivity index is 2.12. The molecule has 30 heavy (non-hydrogen) atoms. The molecule has 160 valence electrons. The lowest BCUT2D eigenvalue weighted by molar-refractivity contribution is -0.157. The van der Waals surface area contributed by atoms with Crippen LogP contribution in [0.25, 0.3) is 11.3 Å². The van der Waals surface area contributed by atoms with Crippen LogP contribution in [0.15, 0.2) is 24.3 Å². The van der Waals surface area contributed by atoms with Crippen molar-refractivity contribution in [3.63, 3.8) is 0 Å². The lowest BCUT2D eigenvalue weighted by atomic mass is 9.75. The van der Waals surface area contributed by atoms with Gasteiger partial charge in [0.1, 0.15) is 11.4 Å². The summed E-state index contributed by atoms with van der Waals surface area (Å²) in [5, 5.41) is 24.3. The van der Waals surface area contributed by atoms with E-state index in [1.807, 2.05) is 6.92 Å². The van der Waals surface area contributed by atoms with Gasteiger partial charge in [-0.3, -0.25) is 4.79 Å². The van der Waals surface area contributed by atoms with Gasteiger partial charge in [-0.05, 0) is 51.5 Å². The smallest absolute Gasteiger partial charge is 0.315 e. The Kier molecular flexibility index (Phi) is 5.94. The molecule has 6 nitrogen and oxygen atoms in total. The number of nitriles is 1. The third kappa shape index (κ3) is 4.21. The minimum absolute atomic E-state index is 0.0446. The fourth-order valence-electron chi connectivity index (χ4n) is 3.68. The number of hydrogen-bond acceptors (Lipinski definition) is 5. The molecular formula is C22H25ClFN3O3. The number of esters is 1. The summed E-state index contributed by atoms with van der Waals surface area (Å²) < 4.78 is 20.7. The highest BCUT2D eigenvalue weighted by atomic mass is 35.5. The molecule has 3 rings (SSSR count). The van der Waals surface area contributed by atoms with Gasteiger partial charge in [0.25, 0.3) is 0 Å². The quantitative estimate of drug-likeness (QED) is 0.698. The molecule has 1 aromatic heterocycles. The molecule has 1 fully saturated rings. The molecule has 1 aliphatic rings. The lowest BCUT2D eigenvalue weighted by Crippen LogP contribution is -2.50. The van der Waals surface area contributed by atoms with Crippen LogP contribution < -0.4 is 0 Å². The second-order valence-corrected chi connectivity index (χ2v) is 9.10. The predicted octanol–water partition coefficient (Wildman–Crippen LogP) is 4.55. The number of carbonyl (C=O) groups is 1. The number of rotatable bonds is 5. The van der Waals surface area contributed by atoms with E-state index in [9.17, 15) is 19.6 Å². The highest BCUT2D eigenvalue weighted by Gasteiger charge is 2.49. The normalized spacial score (nSPS) is 22.1. The maximum Gasteiger partial charge on any atom is 0.315 e. The second kappa shape index (κ2) is 8.01. The molecule has 0 amide bonds. The van der Waals surface area contributed by atoms with Crippen LogP contribution in [0.4, 0.5) is 4.39 Å². The molecule has 0 spiro atoms. The maximum atomic E-state index is 13.6. The number of aliphatic hydroxyl groups is 1. The van der Waals surface area contributed by atoms with Crippen molar-refractivity contribution in [2.75, 3.05) is 0 Å². The zero-order chi connectivity index (χ0) is 22.3. The molecule has 1 atom stereocenters. The Labute approximate surface area is 180 Å². The van der Waals surface area contributed by atoms with Crippen molar-refractivity contribution < 1.29 is 19.0 Å². The summed E-state index contributed by atoms with van der Waals surface area (Å²) in [5.74, 6) is -1.61. The van der Waals surface area contributed by atoms with Gasteiger partial charge in [0.2, 0.25) is 0 Å². The van der Waals surface area contributed by atoms with E-state index in [-0.39, 0.29) is 17.9 Å². The second-order valence-electron chi connectivity index (χ2n) is 8.69. The molecule has 1 aliphatic carbocycles. The third-order valence-corrected chi connectivity index (χ3v) is 5.46. The van der Waals surface area contributed by atoms with Gasteiger partial charge < -0.3 is 9.84 Å². The Morgan fingerprint density at radius 3 is 2.63 bits per heavy atom. The van der Waals surface area contributed by atoms with Gasteiger partial charge in [0, 0.05) is 18.4 Å². The molecule has 1 heterocycles. The molecule has 0 radical (unpaired) electrons. The number of ether oxygens (including phenoxy) is 1. The molecule has 0 saturated heterocycles. The van der Waals surface area contributed by atoms with Crippen LogP contribution in [0.3, 0.4) is 0 Å². The molecule has 8 heteroatoms. The van der Waals surface area contributed by atoms with Crippen molar-refractivity contribution in [2.45, 2.75) is 70.1 Å². The zero-order valence-electron chi connectivity index (χ0n) is 17.4. The molecule has 2 aromatic rings. The molecule has 0 bridgehead atoms. The van der Waals surface area contributed by atoms with Crippen LogP contribution >= 0.6 is 11.6 Å². The number of hydrogen-bond donors (Lipinski definition) is 1. The summed E-state index contributed by atoms with van der Waals surface area (Å²) in [7, 11) is 0. The molecular weight excluding hydrogens is 409 g/mol. The summed E-state index contributed by atoms with van der Waals surface area (Å²) in [4.78, 5) is 12.9. The van der Waals surface area contributed by atoms with Crippen LogP contribution in [0.5, 0.6) is 0 Å². The Morgan fingerprint density at radius 2 is 2.13 bits per heavy atom. The standard InChI is InChI=1S/C22H25ClFN3O3/c1-5-15(20(29)30-21(2,3)4)19-9-18(13-6-7-17(24)16(23)8-13)26-27(19)22(12-25)10-14(28)11-22/h6-9,14-15,28H,5,10-11H2,1-4H3. The largest absolute Gasteiger partial charge is 0.459 e. The number of nitrogens with zero attached hydrogens (tertiary/aromatic N) is 3. The molecule has 0 aliphatic heterocycles. The number of halogens is 2. The Bertz CT molecular complexity index is 1000. The number of benzene rings is 1. The van der Waals surface area contributed by atoms with Gasteiger partial charge in [-0.25, -0.2) is 9.07 Å². The molecule has 1 unspecified atom stereocenters. The van der Waals surface area contributed by atoms with E-state index in [0.29, 0.717) is 23.4 Å². The van der Waals surface area contributed by atoms with Crippen molar-refractivity contribution in [3.8, 4) is 17.3 Å². The highest BCUT2D eigenvalue weighted by molar-refractivity contribution is 6.31. The van der Waals surface area contributed by atoms with E-state index < -0.39 is 34.9 Å². The minimum atomic E-state index is -1.05. The van der Waals surface area contributed by atoms with Crippen molar-refractivity contribution >= 4 is 17.6 Å². The SMILES string of the molecule is CCC(C(=O)OC(C)(C)C)c1cc(-c2ccc(F)c(Cl)c2)nn1C1(C#N)CC(O)C1. The third-order valence-electron chi connectivity index (χ3n) is 5.17. The lowest BCUT2D eigenvalue weighted by Gasteiger charge is -2.41. The van der Waals surface area contributed by atoms with E-state index >= 15 is 0 Å².